The van der Waals surface area contributed by atoms with Crippen molar-refractivity contribution in [1.29, 1.82) is 0 Å². The van der Waals surface area contributed by atoms with E-state index in [-0.39, 0.29) is 0 Å². The number of benzene rings is 4. The van der Waals surface area contributed by atoms with Crippen molar-refractivity contribution < 1.29 is 23.6 Å². The molecule has 6 nitrogen and oxygen atoms in total. The first kappa shape index (κ1) is 23.9. The van der Waals surface area contributed by atoms with Crippen LogP contribution in [0, 0.1) is 5.82 Å². The predicted molar refractivity (Wildman–Crippen MR) is 141 cm³/mol. The number of para-hydroxylation sites is 1. The third-order valence-electron chi connectivity index (χ3n) is 7.15. The van der Waals surface area contributed by atoms with E-state index in [1.807, 2.05) is 67.6 Å². The van der Waals surface area contributed by atoms with E-state index in [0.717, 1.165) is 0 Å². The van der Waals surface area contributed by atoms with Crippen LogP contribution in [0.4, 0.5) is 15.8 Å². The highest BCUT2D eigenvalue weighted by Gasteiger charge is 2.72. The topological polar surface area (TPSA) is 59.1 Å². The average molecular weight is 509 g/mol. The Morgan fingerprint density at radius 2 is 1.45 bits per heavy atom. The first-order valence-corrected chi connectivity index (χ1v) is 12.5. The molecule has 0 aromatic heterocycles. The SMILES string of the molecule is CCOc1ccc(N2C(=O)C3ON(c4ccccc4)C(c4ccc(F)cc4)C3(c3ccccc3)C2=O)cc1. The standard InChI is InChI=1S/C31H25FN2O4/c1-2-37-26-19-17-24(18-20-26)33-29(35)28-31(30(33)36,22-9-5-3-6-10-22)27(21-13-15-23(32)16-14-21)34(38-28)25-11-7-4-8-12-25/h3-20,27-28H,2H2,1H3. The Morgan fingerprint density at radius 3 is 2.08 bits per heavy atom. The van der Waals surface area contributed by atoms with Crippen LogP contribution in [0.1, 0.15) is 24.1 Å². The van der Waals surface area contributed by atoms with Crippen LogP contribution in [0.25, 0.3) is 0 Å². The van der Waals surface area contributed by atoms with Gasteiger partial charge >= 0.3 is 0 Å². The summed E-state index contributed by atoms with van der Waals surface area (Å²) in [6, 6.07) is 30.6. The van der Waals surface area contributed by atoms with Gasteiger partial charge in [0.2, 0.25) is 5.91 Å². The van der Waals surface area contributed by atoms with Gasteiger partial charge < -0.3 is 4.74 Å². The third-order valence-corrected chi connectivity index (χ3v) is 7.15. The summed E-state index contributed by atoms with van der Waals surface area (Å²) in [4.78, 5) is 36.3. The fourth-order valence-corrected chi connectivity index (χ4v) is 5.53. The number of hydroxylamine groups is 1. The molecule has 0 spiro atoms. The van der Waals surface area contributed by atoms with Crippen molar-refractivity contribution in [3.05, 3.63) is 126 Å². The van der Waals surface area contributed by atoms with Gasteiger partial charge in [0.05, 0.1) is 18.0 Å². The molecule has 0 N–H and O–H groups in total. The van der Waals surface area contributed by atoms with E-state index in [2.05, 4.69) is 0 Å². The molecule has 190 valence electrons. The van der Waals surface area contributed by atoms with Crippen LogP contribution in [0.2, 0.25) is 0 Å². The van der Waals surface area contributed by atoms with E-state index in [4.69, 9.17) is 9.57 Å². The average Bonchev–Trinajstić information content (AvgIpc) is 3.42. The normalized spacial score (nSPS) is 22.6. The minimum Gasteiger partial charge on any atom is -0.494 e. The van der Waals surface area contributed by atoms with Crippen molar-refractivity contribution in [3.8, 4) is 5.75 Å². The fourth-order valence-electron chi connectivity index (χ4n) is 5.53. The number of ether oxygens (including phenoxy) is 1. The summed E-state index contributed by atoms with van der Waals surface area (Å²) in [5, 5.41) is 1.62. The van der Waals surface area contributed by atoms with E-state index in [9.17, 15) is 14.0 Å². The van der Waals surface area contributed by atoms with Crippen molar-refractivity contribution >= 4 is 23.2 Å². The van der Waals surface area contributed by atoms with E-state index >= 15 is 0 Å². The molecular formula is C31H25FN2O4. The van der Waals surface area contributed by atoms with E-state index in [1.54, 1.807) is 41.5 Å². The molecule has 0 aliphatic carbocycles. The first-order valence-electron chi connectivity index (χ1n) is 12.5. The first-order chi connectivity index (χ1) is 18.6. The summed E-state index contributed by atoms with van der Waals surface area (Å²) < 4.78 is 19.5. The summed E-state index contributed by atoms with van der Waals surface area (Å²) in [5.41, 5.74) is 0.978. The van der Waals surface area contributed by atoms with Gasteiger partial charge in [-0.15, -0.1) is 0 Å². The number of carbonyl (C=O) groups excluding carboxylic acids is 2. The van der Waals surface area contributed by atoms with Gasteiger partial charge in [-0.3, -0.25) is 14.4 Å². The van der Waals surface area contributed by atoms with Gasteiger partial charge in [0, 0.05) is 0 Å². The van der Waals surface area contributed by atoms with Gasteiger partial charge in [-0.1, -0.05) is 60.7 Å². The molecule has 0 radical (unpaired) electrons. The summed E-state index contributed by atoms with van der Waals surface area (Å²) in [5.74, 6) is -0.623. The molecular weight excluding hydrogens is 483 g/mol. The zero-order valence-electron chi connectivity index (χ0n) is 20.7. The summed E-state index contributed by atoms with van der Waals surface area (Å²) in [6.45, 7) is 2.39. The second-order valence-electron chi connectivity index (χ2n) is 9.24. The molecule has 4 aromatic carbocycles. The number of fused-ring (bicyclic) bond motifs is 1. The lowest BCUT2D eigenvalue weighted by atomic mass is 9.69. The van der Waals surface area contributed by atoms with Crippen molar-refractivity contribution in [2.24, 2.45) is 0 Å². The molecule has 7 heteroatoms. The van der Waals surface area contributed by atoms with E-state index in [1.165, 1.54) is 17.0 Å². The summed E-state index contributed by atoms with van der Waals surface area (Å²) in [6.07, 6.45) is -1.14. The molecule has 2 aliphatic rings. The van der Waals surface area contributed by atoms with Crippen LogP contribution in [-0.4, -0.2) is 24.5 Å². The number of imide groups is 1. The second kappa shape index (κ2) is 9.43. The lowest BCUT2D eigenvalue weighted by Crippen LogP contribution is -2.46. The smallest absolute Gasteiger partial charge is 0.267 e. The van der Waals surface area contributed by atoms with Crippen LogP contribution in [0.15, 0.2) is 109 Å². The Labute approximate surface area is 219 Å². The lowest BCUT2D eigenvalue weighted by molar-refractivity contribution is -0.126. The van der Waals surface area contributed by atoms with E-state index in [0.29, 0.717) is 34.9 Å². The van der Waals surface area contributed by atoms with Gasteiger partial charge in [0.25, 0.3) is 5.91 Å². The molecule has 2 heterocycles. The number of anilines is 2. The monoisotopic (exact) mass is 508 g/mol. The number of hydrogen-bond acceptors (Lipinski definition) is 5. The minimum atomic E-state index is -1.43. The molecule has 2 aliphatic heterocycles. The van der Waals surface area contributed by atoms with Crippen LogP contribution in [0.5, 0.6) is 5.75 Å². The molecule has 0 saturated carbocycles. The Morgan fingerprint density at radius 1 is 0.816 bits per heavy atom. The van der Waals surface area contributed by atoms with Crippen molar-refractivity contribution in [1.82, 2.24) is 0 Å². The molecule has 0 bridgehead atoms. The number of nitrogens with zero attached hydrogens (tertiary/aromatic N) is 2. The lowest BCUT2D eigenvalue weighted by Gasteiger charge is -2.35. The Bertz CT molecular complexity index is 1460. The van der Waals surface area contributed by atoms with Gasteiger partial charge in [0.1, 0.15) is 23.0 Å². The maximum absolute atomic E-state index is 14.7. The Hall–Kier alpha value is -4.49. The molecule has 6 rings (SSSR count). The number of amides is 2. The van der Waals surface area contributed by atoms with Crippen molar-refractivity contribution in [2.75, 3.05) is 16.6 Å². The highest BCUT2D eigenvalue weighted by Crippen LogP contribution is 2.57. The van der Waals surface area contributed by atoms with Crippen LogP contribution < -0.4 is 14.7 Å². The molecule has 2 fully saturated rings. The van der Waals surface area contributed by atoms with Crippen molar-refractivity contribution in [2.45, 2.75) is 24.5 Å². The van der Waals surface area contributed by atoms with Gasteiger partial charge in [-0.2, -0.15) is 0 Å². The van der Waals surface area contributed by atoms with Crippen molar-refractivity contribution in [3.63, 3.8) is 0 Å². The zero-order valence-corrected chi connectivity index (χ0v) is 20.7. The highest BCUT2D eigenvalue weighted by atomic mass is 19.1. The number of hydrogen-bond donors (Lipinski definition) is 0. The molecule has 3 atom stereocenters. The maximum atomic E-state index is 14.7. The Kier molecular flexibility index (Phi) is 5.93. The predicted octanol–water partition coefficient (Wildman–Crippen LogP) is 5.60. The summed E-state index contributed by atoms with van der Waals surface area (Å²) in [7, 11) is 0. The summed E-state index contributed by atoms with van der Waals surface area (Å²) >= 11 is 0. The maximum Gasteiger partial charge on any atom is 0.267 e. The largest absolute Gasteiger partial charge is 0.494 e. The molecule has 4 aromatic rings. The quantitative estimate of drug-likeness (QED) is 0.318. The highest BCUT2D eigenvalue weighted by molar-refractivity contribution is 6.28. The van der Waals surface area contributed by atoms with Crippen LogP contribution in [0.3, 0.4) is 0 Å². The number of rotatable bonds is 6. The number of carbonyl (C=O) groups is 2. The van der Waals surface area contributed by atoms with Gasteiger partial charge in [-0.25, -0.2) is 14.4 Å². The molecule has 38 heavy (non-hydrogen) atoms. The fraction of sp³-hybridized carbons (Fsp3) is 0.161. The minimum absolute atomic E-state index is 0.394. The number of halogens is 1. The van der Waals surface area contributed by atoms with Crippen LogP contribution >= 0.6 is 0 Å². The second-order valence-corrected chi connectivity index (χ2v) is 9.24. The van der Waals surface area contributed by atoms with Crippen LogP contribution in [-0.2, 0) is 19.8 Å². The molecule has 3 unspecified atom stereocenters. The third kappa shape index (κ3) is 3.58. The zero-order chi connectivity index (χ0) is 26.3. The van der Waals surface area contributed by atoms with Gasteiger partial charge in [0.15, 0.2) is 6.10 Å². The molecule has 2 saturated heterocycles. The van der Waals surface area contributed by atoms with Gasteiger partial charge in [-0.05, 0) is 66.6 Å². The molecule has 2 amide bonds. The van der Waals surface area contributed by atoms with E-state index < -0.39 is 35.2 Å². The Balaban J connectivity index is 1.56.